The van der Waals surface area contributed by atoms with Crippen molar-refractivity contribution < 1.29 is 9.53 Å². The molecule has 2 heterocycles. The van der Waals surface area contributed by atoms with Gasteiger partial charge in [-0.05, 0) is 30.0 Å². The number of fused-ring (bicyclic) bond motifs is 2. The molecule has 1 unspecified atom stereocenters. The Hall–Kier alpha value is -2.32. The highest BCUT2D eigenvalue weighted by Gasteiger charge is 2.35. The molecule has 1 amide bonds. The van der Waals surface area contributed by atoms with E-state index in [0.717, 1.165) is 26.4 Å². The fourth-order valence-electron chi connectivity index (χ4n) is 3.14. The van der Waals surface area contributed by atoms with Gasteiger partial charge in [-0.25, -0.2) is 5.01 Å². The lowest BCUT2D eigenvalue weighted by Gasteiger charge is -2.34. The summed E-state index contributed by atoms with van der Waals surface area (Å²) in [5.41, 5.74) is 1.33. The number of benzene rings is 2. The lowest BCUT2D eigenvalue weighted by atomic mass is 10.1. The first-order valence-corrected chi connectivity index (χ1v) is 10.2. The Morgan fingerprint density at radius 2 is 2.11 bits per heavy atom. The van der Waals surface area contributed by atoms with E-state index in [4.69, 9.17) is 9.73 Å². The molecule has 138 valence electrons. The Kier molecular flexibility index (Phi) is 4.92. The number of hydrogen-bond donors (Lipinski definition) is 1. The maximum atomic E-state index is 12.9. The van der Waals surface area contributed by atoms with Crippen molar-refractivity contribution in [3.8, 4) is 5.75 Å². The van der Waals surface area contributed by atoms with Crippen LogP contribution in [0.2, 0.25) is 0 Å². The number of ether oxygens (including phenoxy) is 1. The van der Waals surface area contributed by atoms with Crippen molar-refractivity contribution in [1.82, 2.24) is 10.3 Å². The third-order valence-electron chi connectivity index (χ3n) is 4.27. The molecule has 1 N–H and O–H groups in total. The van der Waals surface area contributed by atoms with Gasteiger partial charge >= 0.3 is 0 Å². The van der Waals surface area contributed by atoms with E-state index in [0.29, 0.717) is 16.6 Å². The molecule has 2 aliphatic heterocycles. The molecule has 0 aliphatic carbocycles. The number of carbonyl (C=O) groups is 1. The number of para-hydroxylation sites is 1. The Bertz CT molecular complexity index is 1070. The summed E-state index contributed by atoms with van der Waals surface area (Å²) >= 11 is 5.00. The molecule has 4 rings (SSSR count). The molecule has 0 fully saturated rings. The number of hydrazone groups is 1. The molecular formula is C19H17BrN4O2S. The third kappa shape index (κ3) is 3.23. The van der Waals surface area contributed by atoms with E-state index in [2.05, 4.69) is 26.3 Å². The maximum absolute atomic E-state index is 12.9. The summed E-state index contributed by atoms with van der Waals surface area (Å²) < 4.78 is 6.46. The second kappa shape index (κ2) is 7.36. The predicted molar refractivity (Wildman–Crippen MR) is 110 cm³/mol. The van der Waals surface area contributed by atoms with Crippen molar-refractivity contribution in [2.24, 2.45) is 10.1 Å². The number of nitrogens with zero attached hydrogens (tertiary/aromatic N) is 3. The standard InChI is InChI=1S/C19H17BrN4O2S/c1-3-27-19-22-18(25)16-12-6-4-5-7-14(12)21-17(24(16)23-19)13-10-11(20)8-9-15(13)26-2/h4-10,17H,3H2,1-2H3,(H,22,23,25). The summed E-state index contributed by atoms with van der Waals surface area (Å²) in [4.78, 5) is 17.8. The largest absolute Gasteiger partial charge is 0.496 e. The minimum Gasteiger partial charge on any atom is -0.496 e. The molecule has 0 radical (unpaired) electrons. The number of thioether (sulfide) groups is 1. The second-order valence-corrected chi connectivity index (χ2v) is 8.06. The molecule has 8 heteroatoms. The number of amides is 1. The van der Waals surface area contributed by atoms with Gasteiger partial charge in [0.1, 0.15) is 11.4 Å². The van der Waals surface area contributed by atoms with Gasteiger partial charge in [-0.15, -0.1) is 5.10 Å². The highest BCUT2D eigenvalue weighted by atomic mass is 79.9. The van der Waals surface area contributed by atoms with Crippen LogP contribution in [-0.2, 0) is 4.79 Å². The third-order valence-corrected chi connectivity index (χ3v) is 5.51. The van der Waals surface area contributed by atoms with E-state index < -0.39 is 6.17 Å². The van der Waals surface area contributed by atoms with E-state index >= 15 is 0 Å². The van der Waals surface area contributed by atoms with Crippen molar-refractivity contribution >= 4 is 44.5 Å². The fourth-order valence-corrected chi connectivity index (χ4v) is 4.10. The van der Waals surface area contributed by atoms with Crippen LogP contribution < -0.4 is 20.6 Å². The minimum atomic E-state index is -0.499. The molecular weight excluding hydrogens is 428 g/mol. The number of halogens is 1. The van der Waals surface area contributed by atoms with E-state index in [9.17, 15) is 4.79 Å². The van der Waals surface area contributed by atoms with Gasteiger partial charge in [0.2, 0.25) is 0 Å². The molecule has 1 atom stereocenters. The summed E-state index contributed by atoms with van der Waals surface area (Å²) in [6.07, 6.45) is -0.499. The first-order chi connectivity index (χ1) is 13.1. The van der Waals surface area contributed by atoms with Crippen LogP contribution in [0, 0.1) is 0 Å². The fraction of sp³-hybridized carbons (Fsp3) is 0.211. The normalized spacial score (nSPS) is 18.1. The van der Waals surface area contributed by atoms with Gasteiger partial charge in [-0.3, -0.25) is 15.1 Å². The molecule has 6 nitrogen and oxygen atoms in total. The summed E-state index contributed by atoms with van der Waals surface area (Å²) in [5, 5.41) is 11.4. The van der Waals surface area contributed by atoms with Crippen molar-refractivity contribution in [2.45, 2.75) is 13.1 Å². The number of hydrogen-bond acceptors (Lipinski definition) is 6. The van der Waals surface area contributed by atoms with Gasteiger partial charge in [-0.2, -0.15) is 0 Å². The van der Waals surface area contributed by atoms with Crippen LogP contribution >= 0.6 is 27.7 Å². The SMILES string of the molecule is CCSC1=NN2C(=c3ccccc3=NC2c2cc(Br)ccc2OC)C(=O)N1. The lowest BCUT2D eigenvalue weighted by Crippen LogP contribution is -2.50. The Morgan fingerprint density at radius 1 is 1.30 bits per heavy atom. The second-order valence-electron chi connectivity index (χ2n) is 5.89. The van der Waals surface area contributed by atoms with Crippen LogP contribution in [-0.4, -0.2) is 28.9 Å². The van der Waals surface area contributed by atoms with Crippen molar-refractivity contribution in [1.29, 1.82) is 0 Å². The summed E-state index contributed by atoms with van der Waals surface area (Å²) in [6, 6.07) is 13.3. The van der Waals surface area contributed by atoms with Crippen molar-refractivity contribution in [2.75, 3.05) is 12.9 Å². The van der Waals surface area contributed by atoms with Crippen LogP contribution in [0.15, 0.2) is 57.0 Å². The van der Waals surface area contributed by atoms with Gasteiger partial charge < -0.3 is 4.74 Å². The highest BCUT2D eigenvalue weighted by molar-refractivity contribution is 9.10. The zero-order chi connectivity index (χ0) is 19.0. The van der Waals surface area contributed by atoms with Gasteiger partial charge in [0.15, 0.2) is 11.3 Å². The van der Waals surface area contributed by atoms with Crippen LogP contribution in [0.1, 0.15) is 18.7 Å². The highest BCUT2D eigenvalue weighted by Crippen LogP contribution is 2.36. The maximum Gasteiger partial charge on any atom is 0.276 e. The van der Waals surface area contributed by atoms with Gasteiger partial charge in [-0.1, -0.05) is 52.8 Å². The Morgan fingerprint density at radius 3 is 2.89 bits per heavy atom. The lowest BCUT2D eigenvalue weighted by molar-refractivity contribution is -0.116. The van der Waals surface area contributed by atoms with Crippen molar-refractivity contribution in [3.63, 3.8) is 0 Å². The first kappa shape index (κ1) is 18.1. The van der Waals surface area contributed by atoms with E-state index in [1.807, 2.05) is 49.4 Å². The van der Waals surface area contributed by atoms with E-state index in [-0.39, 0.29) is 5.91 Å². The molecule has 2 aromatic rings. The molecule has 27 heavy (non-hydrogen) atoms. The number of rotatable bonds is 3. The predicted octanol–water partition coefficient (Wildman–Crippen LogP) is 2.35. The smallest absolute Gasteiger partial charge is 0.276 e. The molecule has 0 bridgehead atoms. The van der Waals surface area contributed by atoms with E-state index in [1.54, 1.807) is 12.1 Å². The average Bonchev–Trinajstić information content (AvgIpc) is 2.67. The minimum absolute atomic E-state index is 0.178. The van der Waals surface area contributed by atoms with E-state index in [1.165, 1.54) is 11.8 Å². The number of nitrogens with one attached hydrogen (secondary N) is 1. The number of methoxy groups -OCH3 is 1. The molecule has 2 aromatic carbocycles. The molecule has 0 spiro atoms. The molecule has 0 saturated carbocycles. The van der Waals surface area contributed by atoms with Crippen LogP contribution in [0.4, 0.5) is 0 Å². The summed E-state index contributed by atoms with van der Waals surface area (Å²) in [5.74, 6) is 1.32. The zero-order valence-electron chi connectivity index (χ0n) is 14.8. The van der Waals surface area contributed by atoms with Crippen molar-refractivity contribution in [3.05, 3.63) is 63.1 Å². The van der Waals surface area contributed by atoms with Crippen LogP contribution in [0.5, 0.6) is 5.75 Å². The zero-order valence-corrected chi connectivity index (χ0v) is 17.2. The van der Waals surface area contributed by atoms with Gasteiger partial charge in [0.25, 0.3) is 5.91 Å². The first-order valence-electron chi connectivity index (χ1n) is 8.45. The summed E-state index contributed by atoms with van der Waals surface area (Å²) in [6.45, 7) is 2.02. The Labute approximate surface area is 169 Å². The average molecular weight is 445 g/mol. The van der Waals surface area contributed by atoms with Crippen LogP contribution in [0.3, 0.4) is 0 Å². The quantitative estimate of drug-likeness (QED) is 0.788. The topological polar surface area (TPSA) is 66.3 Å². The summed E-state index contributed by atoms with van der Waals surface area (Å²) in [7, 11) is 1.62. The monoisotopic (exact) mass is 444 g/mol. The number of amidine groups is 1. The molecule has 0 aromatic heterocycles. The van der Waals surface area contributed by atoms with Gasteiger partial charge in [0.05, 0.1) is 12.5 Å². The Balaban J connectivity index is 1.98. The number of carbonyl (C=O) groups excluding carboxylic acids is 1. The van der Waals surface area contributed by atoms with Gasteiger partial charge in [0, 0.05) is 15.3 Å². The molecule has 0 saturated heterocycles. The molecule has 2 aliphatic rings. The van der Waals surface area contributed by atoms with Crippen LogP contribution in [0.25, 0.3) is 5.70 Å².